The summed E-state index contributed by atoms with van der Waals surface area (Å²) in [4.78, 5) is 0. The molecule has 0 radical (unpaired) electrons. The molecule has 2 rings (SSSR count). The molecular weight excluding hydrogens is 225 g/mol. The SMILES string of the molecule is CC1(C)CCCC1(N)c1cc(F)ccc1Cl. The van der Waals surface area contributed by atoms with E-state index in [-0.39, 0.29) is 11.2 Å². The highest BCUT2D eigenvalue weighted by Crippen LogP contribution is 2.51. The highest BCUT2D eigenvalue weighted by atomic mass is 35.5. The lowest BCUT2D eigenvalue weighted by molar-refractivity contribution is 0.210. The molecule has 1 saturated carbocycles. The van der Waals surface area contributed by atoms with Crippen LogP contribution >= 0.6 is 11.6 Å². The van der Waals surface area contributed by atoms with Crippen LogP contribution < -0.4 is 5.73 Å². The Morgan fingerprint density at radius 3 is 2.56 bits per heavy atom. The topological polar surface area (TPSA) is 26.0 Å². The van der Waals surface area contributed by atoms with Gasteiger partial charge in [0.1, 0.15) is 5.82 Å². The molecule has 0 bridgehead atoms. The molecule has 1 aromatic rings. The quantitative estimate of drug-likeness (QED) is 0.794. The van der Waals surface area contributed by atoms with Gasteiger partial charge in [0.15, 0.2) is 0 Å². The van der Waals surface area contributed by atoms with Crippen LogP contribution in [0.25, 0.3) is 0 Å². The van der Waals surface area contributed by atoms with Gasteiger partial charge >= 0.3 is 0 Å². The van der Waals surface area contributed by atoms with Crippen LogP contribution in [0.1, 0.15) is 38.7 Å². The van der Waals surface area contributed by atoms with Crippen molar-refractivity contribution in [3.05, 3.63) is 34.6 Å². The number of nitrogens with two attached hydrogens (primary N) is 1. The highest BCUT2D eigenvalue weighted by molar-refractivity contribution is 6.31. The van der Waals surface area contributed by atoms with Crippen molar-refractivity contribution in [3.8, 4) is 0 Å². The zero-order valence-electron chi connectivity index (χ0n) is 9.69. The number of halogens is 2. The third-order valence-electron chi connectivity index (χ3n) is 3.99. The Morgan fingerprint density at radius 2 is 2.00 bits per heavy atom. The van der Waals surface area contributed by atoms with Crippen LogP contribution in [0, 0.1) is 11.2 Å². The van der Waals surface area contributed by atoms with Crippen LogP contribution in [0.5, 0.6) is 0 Å². The Bertz CT molecular complexity index is 416. The van der Waals surface area contributed by atoms with E-state index in [2.05, 4.69) is 13.8 Å². The molecular formula is C13H17ClFN. The summed E-state index contributed by atoms with van der Waals surface area (Å²) in [5.41, 5.74) is 6.68. The Morgan fingerprint density at radius 1 is 1.31 bits per heavy atom. The van der Waals surface area contributed by atoms with Gasteiger partial charge < -0.3 is 5.73 Å². The molecule has 0 amide bonds. The Labute approximate surface area is 101 Å². The molecule has 0 aromatic heterocycles. The van der Waals surface area contributed by atoms with E-state index < -0.39 is 5.54 Å². The Kier molecular flexibility index (Phi) is 2.75. The van der Waals surface area contributed by atoms with Crippen molar-refractivity contribution in [2.75, 3.05) is 0 Å². The summed E-state index contributed by atoms with van der Waals surface area (Å²) < 4.78 is 13.3. The van der Waals surface area contributed by atoms with E-state index in [1.54, 1.807) is 6.07 Å². The molecule has 0 spiro atoms. The summed E-state index contributed by atoms with van der Waals surface area (Å²) in [6.07, 6.45) is 2.98. The molecule has 3 heteroatoms. The molecule has 1 aromatic carbocycles. The average Bonchev–Trinajstić information content (AvgIpc) is 2.46. The van der Waals surface area contributed by atoms with Crippen molar-refractivity contribution in [1.82, 2.24) is 0 Å². The molecule has 1 nitrogen and oxygen atoms in total. The molecule has 1 fully saturated rings. The fourth-order valence-electron chi connectivity index (χ4n) is 2.71. The standard InChI is InChI=1S/C13H17ClFN/c1-12(2)6-3-7-13(12,16)10-8-9(15)4-5-11(10)14/h4-5,8H,3,6-7,16H2,1-2H3. The zero-order chi connectivity index (χ0) is 12.0. The number of rotatable bonds is 1. The van der Waals surface area contributed by atoms with Gasteiger partial charge in [0, 0.05) is 10.6 Å². The minimum Gasteiger partial charge on any atom is -0.321 e. The zero-order valence-corrected chi connectivity index (χ0v) is 10.4. The maximum absolute atomic E-state index is 13.3. The van der Waals surface area contributed by atoms with E-state index in [4.69, 9.17) is 17.3 Å². The average molecular weight is 242 g/mol. The van der Waals surface area contributed by atoms with Crippen molar-refractivity contribution >= 4 is 11.6 Å². The Balaban J connectivity index is 2.55. The lowest BCUT2D eigenvalue weighted by atomic mass is 9.71. The molecule has 1 aliphatic carbocycles. The third kappa shape index (κ3) is 1.64. The summed E-state index contributed by atoms with van der Waals surface area (Å²) in [6, 6.07) is 4.45. The normalized spacial score (nSPS) is 28.3. The second-order valence-corrected chi connectivity index (χ2v) is 5.74. The van der Waals surface area contributed by atoms with E-state index in [1.807, 2.05) is 0 Å². The number of hydrogen-bond acceptors (Lipinski definition) is 1. The van der Waals surface area contributed by atoms with Gasteiger partial charge in [-0.1, -0.05) is 31.9 Å². The molecule has 1 unspecified atom stereocenters. The van der Waals surface area contributed by atoms with Gasteiger partial charge in [-0.25, -0.2) is 4.39 Å². The summed E-state index contributed by atoms with van der Waals surface area (Å²) in [7, 11) is 0. The molecule has 0 aliphatic heterocycles. The first-order chi connectivity index (χ1) is 7.37. The minimum atomic E-state index is -0.508. The third-order valence-corrected chi connectivity index (χ3v) is 4.32. The van der Waals surface area contributed by atoms with Crippen molar-refractivity contribution in [3.63, 3.8) is 0 Å². The molecule has 16 heavy (non-hydrogen) atoms. The van der Waals surface area contributed by atoms with Crippen molar-refractivity contribution < 1.29 is 4.39 Å². The van der Waals surface area contributed by atoms with E-state index in [0.29, 0.717) is 5.02 Å². The summed E-state index contributed by atoms with van der Waals surface area (Å²) >= 11 is 6.15. The van der Waals surface area contributed by atoms with E-state index in [9.17, 15) is 4.39 Å². The summed E-state index contributed by atoms with van der Waals surface area (Å²) in [6.45, 7) is 4.25. The maximum Gasteiger partial charge on any atom is 0.123 e. The molecule has 2 N–H and O–H groups in total. The van der Waals surface area contributed by atoms with Crippen molar-refractivity contribution in [2.45, 2.75) is 38.6 Å². The predicted molar refractivity (Wildman–Crippen MR) is 64.9 cm³/mol. The molecule has 1 atom stereocenters. The van der Waals surface area contributed by atoms with Gasteiger partial charge in [0.05, 0.1) is 0 Å². The lowest BCUT2D eigenvalue weighted by Gasteiger charge is -2.39. The minimum absolute atomic E-state index is 0.0373. The summed E-state index contributed by atoms with van der Waals surface area (Å²) in [5.74, 6) is -0.271. The Hall–Kier alpha value is -0.600. The van der Waals surface area contributed by atoms with Crippen LogP contribution in [0.15, 0.2) is 18.2 Å². The van der Waals surface area contributed by atoms with Gasteiger partial charge in [-0.2, -0.15) is 0 Å². The van der Waals surface area contributed by atoms with Gasteiger partial charge in [0.2, 0.25) is 0 Å². The fraction of sp³-hybridized carbons (Fsp3) is 0.538. The molecule has 0 saturated heterocycles. The molecule has 88 valence electrons. The van der Waals surface area contributed by atoms with Crippen LogP contribution in [0.3, 0.4) is 0 Å². The smallest absolute Gasteiger partial charge is 0.123 e. The first-order valence-electron chi connectivity index (χ1n) is 5.61. The highest BCUT2D eigenvalue weighted by Gasteiger charge is 2.47. The number of benzene rings is 1. The fourth-order valence-corrected chi connectivity index (χ4v) is 3.00. The van der Waals surface area contributed by atoms with Crippen LogP contribution in [-0.2, 0) is 5.54 Å². The van der Waals surface area contributed by atoms with Gasteiger partial charge in [0.25, 0.3) is 0 Å². The monoisotopic (exact) mass is 241 g/mol. The number of hydrogen-bond donors (Lipinski definition) is 1. The van der Waals surface area contributed by atoms with E-state index in [0.717, 1.165) is 24.8 Å². The van der Waals surface area contributed by atoms with Crippen LogP contribution in [-0.4, -0.2) is 0 Å². The van der Waals surface area contributed by atoms with Gasteiger partial charge in [-0.05, 0) is 42.0 Å². The van der Waals surface area contributed by atoms with E-state index in [1.165, 1.54) is 12.1 Å². The largest absolute Gasteiger partial charge is 0.321 e. The second kappa shape index (κ2) is 3.71. The van der Waals surface area contributed by atoms with Gasteiger partial charge in [-0.3, -0.25) is 0 Å². The molecule has 1 aliphatic rings. The lowest BCUT2D eigenvalue weighted by Crippen LogP contribution is -2.46. The van der Waals surface area contributed by atoms with Crippen LogP contribution in [0.2, 0.25) is 5.02 Å². The summed E-state index contributed by atoms with van der Waals surface area (Å²) in [5, 5.41) is 0.568. The predicted octanol–water partition coefficient (Wildman–Crippen LogP) is 3.84. The molecule has 0 heterocycles. The second-order valence-electron chi connectivity index (χ2n) is 5.33. The maximum atomic E-state index is 13.3. The van der Waals surface area contributed by atoms with Crippen LogP contribution in [0.4, 0.5) is 4.39 Å². The van der Waals surface area contributed by atoms with Crippen molar-refractivity contribution in [2.24, 2.45) is 11.1 Å². The van der Waals surface area contributed by atoms with E-state index >= 15 is 0 Å². The first-order valence-corrected chi connectivity index (χ1v) is 5.99. The van der Waals surface area contributed by atoms with Crippen molar-refractivity contribution in [1.29, 1.82) is 0 Å². The van der Waals surface area contributed by atoms with Gasteiger partial charge in [-0.15, -0.1) is 0 Å². The first kappa shape index (κ1) is 11.9.